The van der Waals surface area contributed by atoms with E-state index in [0.717, 1.165) is 17.0 Å². The maximum Gasteiger partial charge on any atom is 0.318 e. The molecule has 1 saturated heterocycles. The molecule has 0 N–H and O–H groups in total. The molecule has 0 spiro atoms. The van der Waals surface area contributed by atoms with Crippen LogP contribution in [-0.4, -0.2) is 63.1 Å². The molecule has 2 aromatic heterocycles. The Morgan fingerprint density at radius 3 is 2.64 bits per heavy atom. The summed E-state index contributed by atoms with van der Waals surface area (Å²) in [5, 5.41) is 12.3. The van der Waals surface area contributed by atoms with Gasteiger partial charge in [-0.05, 0) is 25.8 Å². The molecule has 1 fully saturated rings. The second kappa shape index (κ2) is 7.89. The van der Waals surface area contributed by atoms with Gasteiger partial charge in [0.2, 0.25) is 11.8 Å². The SMILES string of the molecule is Cc1nnc(N2C[C@@H](F)C[C@H]2CN(C)C(=O)C(C)Cc2c(C)nn(C)c2C)o1. The van der Waals surface area contributed by atoms with Crippen LogP contribution in [0.4, 0.5) is 10.4 Å². The highest BCUT2D eigenvalue weighted by Gasteiger charge is 2.36. The summed E-state index contributed by atoms with van der Waals surface area (Å²) in [7, 11) is 3.68. The van der Waals surface area contributed by atoms with Crippen LogP contribution >= 0.6 is 0 Å². The molecule has 1 aliphatic heterocycles. The molecule has 3 rings (SSSR count). The lowest BCUT2D eigenvalue weighted by atomic mass is 9.98. The van der Waals surface area contributed by atoms with Crippen molar-refractivity contribution in [3.05, 3.63) is 22.8 Å². The first-order valence-corrected chi connectivity index (χ1v) is 9.62. The standard InChI is InChI=1S/C19H29FN6O2/c1-11(7-17-12(2)23-25(6)13(17)3)18(27)24(5)10-16-8-15(20)9-26(16)19-22-21-14(4)28-19/h11,15-16H,7-10H2,1-6H3/t11?,15-,16-/m0/s1. The molecular weight excluding hydrogens is 363 g/mol. The number of aryl methyl sites for hydroxylation is 3. The molecule has 1 aliphatic rings. The molecule has 3 heterocycles. The number of anilines is 1. The minimum Gasteiger partial charge on any atom is -0.408 e. The molecule has 0 radical (unpaired) electrons. The fourth-order valence-electron chi connectivity index (χ4n) is 3.96. The van der Waals surface area contributed by atoms with Crippen molar-refractivity contribution in [2.24, 2.45) is 13.0 Å². The summed E-state index contributed by atoms with van der Waals surface area (Å²) in [6, 6.07) is 0.135. The van der Waals surface area contributed by atoms with Crippen molar-refractivity contribution in [1.82, 2.24) is 24.9 Å². The van der Waals surface area contributed by atoms with Crippen LogP contribution < -0.4 is 4.90 Å². The molecule has 154 valence electrons. The Morgan fingerprint density at radius 2 is 2.07 bits per heavy atom. The van der Waals surface area contributed by atoms with Crippen LogP contribution in [0.5, 0.6) is 0 Å². The van der Waals surface area contributed by atoms with Crippen molar-refractivity contribution in [2.75, 3.05) is 25.0 Å². The Morgan fingerprint density at radius 1 is 1.36 bits per heavy atom. The molecule has 9 heteroatoms. The fraction of sp³-hybridized carbons (Fsp3) is 0.684. The third kappa shape index (κ3) is 4.02. The Balaban J connectivity index is 1.65. The second-order valence-electron chi connectivity index (χ2n) is 7.84. The second-order valence-corrected chi connectivity index (χ2v) is 7.84. The number of likely N-dealkylation sites (N-methyl/N-ethyl adjacent to an activating group) is 1. The van der Waals surface area contributed by atoms with Crippen molar-refractivity contribution in [1.29, 1.82) is 0 Å². The minimum atomic E-state index is -0.973. The summed E-state index contributed by atoms with van der Waals surface area (Å²) in [6.07, 6.45) is 0.00477. The van der Waals surface area contributed by atoms with E-state index in [1.807, 2.05) is 32.5 Å². The monoisotopic (exact) mass is 392 g/mol. The lowest BCUT2D eigenvalue weighted by Crippen LogP contribution is -2.43. The Hall–Kier alpha value is -2.45. The molecule has 2 aromatic rings. The number of aromatic nitrogens is 4. The lowest BCUT2D eigenvalue weighted by molar-refractivity contribution is -0.133. The number of carbonyl (C=O) groups excluding carboxylic acids is 1. The van der Waals surface area contributed by atoms with Crippen LogP contribution in [0, 0.1) is 26.7 Å². The molecule has 3 atom stereocenters. The van der Waals surface area contributed by atoms with Gasteiger partial charge >= 0.3 is 6.01 Å². The van der Waals surface area contributed by atoms with Crippen LogP contribution in [0.15, 0.2) is 4.42 Å². The zero-order valence-corrected chi connectivity index (χ0v) is 17.4. The van der Waals surface area contributed by atoms with Gasteiger partial charge in [0.1, 0.15) is 6.17 Å². The molecule has 0 aromatic carbocycles. The van der Waals surface area contributed by atoms with Gasteiger partial charge in [0.15, 0.2) is 0 Å². The van der Waals surface area contributed by atoms with Gasteiger partial charge in [0, 0.05) is 45.6 Å². The van der Waals surface area contributed by atoms with Crippen molar-refractivity contribution in [3.63, 3.8) is 0 Å². The van der Waals surface area contributed by atoms with Gasteiger partial charge in [-0.3, -0.25) is 9.48 Å². The highest BCUT2D eigenvalue weighted by molar-refractivity contribution is 5.78. The molecular formula is C19H29FN6O2. The van der Waals surface area contributed by atoms with E-state index in [4.69, 9.17) is 4.42 Å². The van der Waals surface area contributed by atoms with E-state index >= 15 is 0 Å². The average Bonchev–Trinajstić information content (AvgIpc) is 3.28. The summed E-state index contributed by atoms with van der Waals surface area (Å²) in [5.41, 5.74) is 3.15. The summed E-state index contributed by atoms with van der Waals surface area (Å²) in [5.74, 6) is 0.288. The van der Waals surface area contributed by atoms with E-state index in [2.05, 4.69) is 15.3 Å². The fourth-order valence-corrected chi connectivity index (χ4v) is 3.96. The van der Waals surface area contributed by atoms with Crippen LogP contribution in [0.25, 0.3) is 0 Å². The summed E-state index contributed by atoms with van der Waals surface area (Å²) in [4.78, 5) is 16.4. The maximum absolute atomic E-state index is 14.1. The smallest absolute Gasteiger partial charge is 0.318 e. The van der Waals surface area contributed by atoms with Crippen LogP contribution in [0.2, 0.25) is 0 Å². The molecule has 1 unspecified atom stereocenters. The number of carbonyl (C=O) groups is 1. The van der Waals surface area contributed by atoms with E-state index < -0.39 is 6.17 Å². The number of nitrogens with zero attached hydrogens (tertiary/aromatic N) is 6. The minimum absolute atomic E-state index is 0.0339. The third-order valence-corrected chi connectivity index (χ3v) is 5.58. The predicted octanol–water partition coefficient (Wildman–Crippen LogP) is 1.98. The number of rotatable bonds is 6. The predicted molar refractivity (Wildman–Crippen MR) is 103 cm³/mol. The molecule has 0 bridgehead atoms. The van der Waals surface area contributed by atoms with Gasteiger partial charge in [0.05, 0.1) is 18.3 Å². The Labute approximate surface area is 164 Å². The topological polar surface area (TPSA) is 80.3 Å². The van der Waals surface area contributed by atoms with E-state index in [0.29, 0.717) is 31.3 Å². The number of amides is 1. The van der Waals surface area contributed by atoms with Gasteiger partial charge in [-0.15, -0.1) is 5.10 Å². The van der Waals surface area contributed by atoms with Gasteiger partial charge in [-0.25, -0.2) is 4.39 Å². The van der Waals surface area contributed by atoms with E-state index in [-0.39, 0.29) is 24.4 Å². The highest BCUT2D eigenvalue weighted by atomic mass is 19.1. The Bertz CT molecular complexity index is 848. The highest BCUT2D eigenvalue weighted by Crippen LogP contribution is 2.27. The van der Waals surface area contributed by atoms with Gasteiger partial charge in [0.25, 0.3) is 0 Å². The number of hydrogen-bond donors (Lipinski definition) is 0. The van der Waals surface area contributed by atoms with Crippen molar-refractivity contribution in [3.8, 4) is 0 Å². The van der Waals surface area contributed by atoms with Crippen molar-refractivity contribution >= 4 is 11.9 Å². The number of halogens is 1. The normalized spacial score (nSPS) is 20.6. The quantitative estimate of drug-likeness (QED) is 0.748. The summed E-state index contributed by atoms with van der Waals surface area (Å²) in [6.45, 7) is 8.23. The molecule has 8 nitrogen and oxygen atoms in total. The average molecular weight is 392 g/mol. The molecule has 1 amide bonds. The van der Waals surface area contributed by atoms with Crippen LogP contribution in [0.3, 0.4) is 0 Å². The van der Waals surface area contributed by atoms with Gasteiger partial charge in [-0.2, -0.15) is 5.10 Å². The van der Waals surface area contributed by atoms with Gasteiger partial charge in [-0.1, -0.05) is 12.0 Å². The molecule has 28 heavy (non-hydrogen) atoms. The zero-order chi connectivity index (χ0) is 20.6. The first kappa shape index (κ1) is 20.3. The Kier molecular flexibility index (Phi) is 5.71. The van der Waals surface area contributed by atoms with Crippen LogP contribution in [-0.2, 0) is 18.3 Å². The van der Waals surface area contributed by atoms with E-state index in [9.17, 15) is 9.18 Å². The third-order valence-electron chi connectivity index (χ3n) is 5.58. The van der Waals surface area contributed by atoms with Crippen molar-refractivity contribution < 1.29 is 13.6 Å². The maximum atomic E-state index is 14.1. The lowest BCUT2D eigenvalue weighted by Gasteiger charge is -2.28. The van der Waals surface area contributed by atoms with Gasteiger partial charge < -0.3 is 14.2 Å². The first-order chi connectivity index (χ1) is 13.2. The zero-order valence-electron chi connectivity index (χ0n) is 17.4. The summed E-state index contributed by atoms with van der Waals surface area (Å²) < 4.78 is 21.4. The largest absolute Gasteiger partial charge is 0.408 e. The number of alkyl halides is 1. The van der Waals surface area contributed by atoms with Crippen molar-refractivity contribution in [2.45, 2.75) is 52.8 Å². The number of hydrogen-bond acceptors (Lipinski definition) is 6. The van der Waals surface area contributed by atoms with Crippen LogP contribution in [0.1, 0.15) is 36.2 Å². The molecule has 0 aliphatic carbocycles. The van der Waals surface area contributed by atoms with E-state index in [1.54, 1.807) is 23.8 Å². The van der Waals surface area contributed by atoms with E-state index in [1.165, 1.54) is 0 Å². The summed E-state index contributed by atoms with van der Waals surface area (Å²) >= 11 is 0. The first-order valence-electron chi connectivity index (χ1n) is 9.62. The molecule has 0 saturated carbocycles.